The van der Waals surface area contributed by atoms with E-state index >= 15 is 0 Å². The van der Waals surface area contributed by atoms with Crippen LogP contribution in [0.15, 0.2) is 60.7 Å². The molecule has 0 radical (unpaired) electrons. The predicted octanol–water partition coefficient (Wildman–Crippen LogP) is 4.94. The summed E-state index contributed by atoms with van der Waals surface area (Å²) in [5.41, 5.74) is 23.9. The molecule has 9 heteroatoms. The first-order chi connectivity index (χ1) is 19.6. The number of benzene rings is 3. The first-order valence-corrected chi connectivity index (χ1v) is 14.1. The predicted molar refractivity (Wildman–Crippen MR) is 165 cm³/mol. The molecule has 2 aliphatic rings. The lowest BCUT2D eigenvalue weighted by molar-refractivity contribution is -0.121. The average molecular weight is 557 g/mol. The second kappa shape index (κ2) is 11.0. The van der Waals surface area contributed by atoms with Crippen LogP contribution < -0.4 is 27.8 Å². The SMILES string of the molecule is COC(=O)NC1(C(C)N2CCC[C@H]2C(=O)Nc2cc(-c3ccc(-c4ccc(N)c(N)c4)cc3)ccc2N)C(C)[C@H]1C. The molecule has 1 aliphatic heterocycles. The normalized spacial score (nSPS) is 24.4. The summed E-state index contributed by atoms with van der Waals surface area (Å²) in [5, 5.41) is 6.19. The molecule has 1 aliphatic carbocycles. The van der Waals surface area contributed by atoms with E-state index in [-0.39, 0.29) is 29.8 Å². The third-order valence-corrected chi connectivity index (χ3v) is 9.39. The van der Waals surface area contributed by atoms with E-state index in [4.69, 9.17) is 21.9 Å². The quantitative estimate of drug-likeness (QED) is 0.259. The molecule has 9 nitrogen and oxygen atoms in total. The highest BCUT2D eigenvalue weighted by Gasteiger charge is 2.65. The number of hydrogen-bond acceptors (Lipinski definition) is 7. The van der Waals surface area contributed by atoms with Crippen molar-refractivity contribution in [1.29, 1.82) is 0 Å². The summed E-state index contributed by atoms with van der Waals surface area (Å²) in [7, 11) is 1.38. The molecule has 3 aromatic carbocycles. The maximum Gasteiger partial charge on any atom is 0.407 e. The van der Waals surface area contributed by atoms with E-state index in [9.17, 15) is 9.59 Å². The van der Waals surface area contributed by atoms with Gasteiger partial charge in [0.15, 0.2) is 0 Å². The molecule has 1 heterocycles. The molecule has 1 saturated carbocycles. The summed E-state index contributed by atoms with van der Waals surface area (Å²) < 4.78 is 4.92. The molecule has 8 N–H and O–H groups in total. The molecule has 41 heavy (non-hydrogen) atoms. The fourth-order valence-electron chi connectivity index (χ4n) is 6.61. The number of carbonyl (C=O) groups is 2. The average Bonchev–Trinajstić information content (AvgIpc) is 3.30. The number of hydrogen-bond donors (Lipinski definition) is 5. The second-order valence-electron chi connectivity index (χ2n) is 11.4. The fourth-order valence-corrected chi connectivity index (χ4v) is 6.61. The van der Waals surface area contributed by atoms with Crippen LogP contribution in [0.25, 0.3) is 22.3 Å². The van der Waals surface area contributed by atoms with Gasteiger partial charge in [-0.05, 0) is 84.7 Å². The molecule has 2 amide bonds. The number of alkyl carbamates (subject to hydrolysis) is 1. The van der Waals surface area contributed by atoms with Crippen LogP contribution in [0.5, 0.6) is 0 Å². The highest BCUT2D eigenvalue weighted by molar-refractivity contribution is 5.98. The highest BCUT2D eigenvalue weighted by Crippen LogP contribution is 2.54. The van der Waals surface area contributed by atoms with E-state index in [1.165, 1.54) is 7.11 Å². The van der Waals surface area contributed by atoms with Gasteiger partial charge in [0.05, 0.1) is 41.4 Å². The van der Waals surface area contributed by atoms with Crippen molar-refractivity contribution >= 4 is 34.7 Å². The van der Waals surface area contributed by atoms with Crippen LogP contribution in [0, 0.1) is 11.8 Å². The van der Waals surface area contributed by atoms with E-state index < -0.39 is 11.6 Å². The molecule has 3 unspecified atom stereocenters. The molecule has 3 aromatic rings. The van der Waals surface area contributed by atoms with E-state index in [1.54, 1.807) is 6.07 Å². The molecular weight excluding hydrogens is 516 g/mol. The number of nitrogens with one attached hydrogen (secondary N) is 2. The van der Waals surface area contributed by atoms with Crippen LogP contribution in [0.4, 0.5) is 27.5 Å². The number of methoxy groups -OCH3 is 1. The lowest BCUT2D eigenvalue weighted by Crippen LogP contribution is -2.57. The molecule has 216 valence electrons. The van der Waals surface area contributed by atoms with Gasteiger partial charge in [0, 0.05) is 6.04 Å². The Bertz CT molecular complexity index is 1450. The topological polar surface area (TPSA) is 149 Å². The van der Waals surface area contributed by atoms with Crippen molar-refractivity contribution in [2.24, 2.45) is 11.8 Å². The van der Waals surface area contributed by atoms with Crippen molar-refractivity contribution < 1.29 is 14.3 Å². The highest BCUT2D eigenvalue weighted by atomic mass is 16.5. The summed E-state index contributed by atoms with van der Waals surface area (Å²) in [5.74, 6) is 0.456. The van der Waals surface area contributed by atoms with Crippen molar-refractivity contribution in [3.8, 4) is 22.3 Å². The van der Waals surface area contributed by atoms with Gasteiger partial charge in [-0.15, -0.1) is 0 Å². The maximum absolute atomic E-state index is 13.6. The zero-order valence-corrected chi connectivity index (χ0v) is 24.1. The molecule has 0 bridgehead atoms. The molecular formula is C32H40N6O3. The van der Waals surface area contributed by atoms with E-state index in [2.05, 4.69) is 36.3 Å². The van der Waals surface area contributed by atoms with Gasteiger partial charge in [-0.25, -0.2) is 4.79 Å². The number of anilines is 4. The van der Waals surface area contributed by atoms with Crippen molar-refractivity contribution in [2.45, 2.75) is 51.2 Å². The summed E-state index contributed by atoms with van der Waals surface area (Å²) in [6.45, 7) is 7.14. The number of carbonyl (C=O) groups excluding carboxylic acids is 2. The van der Waals surface area contributed by atoms with Crippen LogP contribution in [-0.2, 0) is 9.53 Å². The number of amides is 2. The molecule has 0 aromatic heterocycles. The standard InChI is InChI=1S/C32H40N6O3/c1-18-19(2)32(18,37-31(40)41-4)20(3)38-15-5-6-29(38)30(39)36-28-17-24(12-14-26(28)34)22-9-7-21(8-10-22)23-11-13-25(33)27(35)16-23/h7-14,16-20,29H,5-6,15,33-35H2,1-4H3,(H,36,39)(H,37,40)/t18-,19?,20?,29+,32?/m1/s1. The zero-order chi connectivity index (χ0) is 29.5. The van der Waals surface area contributed by atoms with E-state index in [0.717, 1.165) is 41.6 Å². The largest absolute Gasteiger partial charge is 0.453 e. The number of likely N-dealkylation sites (tertiary alicyclic amines) is 1. The van der Waals surface area contributed by atoms with Crippen molar-refractivity contribution in [2.75, 3.05) is 36.2 Å². The van der Waals surface area contributed by atoms with Crippen LogP contribution in [-0.4, -0.2) is 48.2 Å². The number of ether oxygens (including phenoxy) is 1. The Hall–Kier alpha value is -4.24. The Labute approximate surface area is 241 Å². The minimum Gasteiger partial charge on any atom is -0.453 e. The lowest BCUT2D eigenvalue weighted by atomic mass is 9.99. The molecule has 2 fully saturated rings. The van der Waals surface area contributed by atoms with Gasteiger partial charge in [-0.1, -0.05) is 50.2 Å². The van der Waals surface area contributed by atoms with Gasteiger partial charge in [0.2, 0.25) is 5.91 Å². The van der Waals surface area contributed by atoms with E-state index in [1.807, 2.05) is 54.6 Å². The Kier molecular flexibility index (Phi) is 7.57. The first kappa shape index (κ1) is 28.3. The van der Waals surface area contributed by atoms with Crippen molar-refractivity contribution in [3.63, 3.8) is 0 Å². The minimum absolute atomic E-state index is 0.0385. The third kappa shape index (κ3) is 5.17. The Morgan fingerprint density at radius 3 is 2.00 bits per heavy atom. The number of rotatable bonds is 7. The van der Waals surface area contributed by atoms with Gasteiger partial charge >= 0.3 is 6.09 Å². The van der Waals surface area contributed by atoms with Crippen molar-refractivity contribution in [3.05, 3.63) is 60.7 Å². The second-order valence-corrected chi connectivity index (χ2v) is 11.4. The molecule has 0 spiro atoms. The van der Waals surface area contributed by atoms with Gasteiger partial charge in [0.1, 0.15) is 0 Å². The number of nitrogens with two attached hydrogens (primary N) is 3. The van der Waals surface area contributed by atoms with Crippen LogP contribution >= 0.6 is 0 Å². The molecule has 5 rings (SSSR count). The molecule has 1 saturated heterocycles. The summed E-state index contributed by atoms with van der Waals surface area (Å²) >= 11 is 0. The monoisotopic (exact) mass is 556 g/mol. The number of nitrogen functional groups attached to an aromatic ring is 3. The van der Waals surface area contributed by atoms with Gasteiger partial charge in [-0.2, -0.15) is 0 Å². The summed E-state index contributed by atoms with van der Waals surface area (Å²) in [6.07, 6.45) is 1.20. The van der Waals surface area contributed by atoms with Crippen LogP contribution in [0.3, 0.4) is 0 Å². The summed E-state index contributed by atoms with van der Waals surface area (Å²) in [6, 6.07) is 19.1. The smallest absolute Gasteiger partial charge is 0.407 e. The Morgan fingerprint density at radius 2 is 1.44 bits per heavy atom. The lowest BCUT2D eigenvalue weighted by Gasteiger charge is -2.37. The summed E-state index contributed by atoms with van der Waals surface area (Å²) in [4.78, 5) is 28.0. The zero-order valence-electron chi connectivity index (χ0n) is 24.1. The third-order valence-electron chi connectivity index (χ3n) is 9.39. The van der Waals surface area contributed by atoms with Gasteiger partial charge in [-0.3, -0.25) is 9.69 Å². The van der Waals surface area contributed by atoms with Gasteiger partial charge in [0.25, 0.3) is 0 Å². The van der Waals surface area contributed by atoms with Crippen LogP contribution in [0.1, 0.15) is 33.6 Å². The van der Waals surface area contributed by atoms with Gasteiger partial charge < -0.3 is 32.6 Å². The maximum atomic E-state index is 13.6. The first-order valence-electron chi connectivity index (χ1n) is 14.1. The Balaban J connectivity index is 1.32. The van der Waals surface area contributed by atoms with E-state index in [0.29, 0.717) is 22.7 Å². The van der Waals surface area contributed by atoms with Crippen LogP contribution in [0.2, 0.25) is 0 Å². The Morgan fingerprint density at radius 1 is 0.878 bits per heavy atom. The number of nitrogens with zero attached hydrogens (tertiary/aromatic N) is 1. The fraction of sp³-hybridized carbons (Fsp3) is 0.375. The van der Waals surface area contributed by atoms with Crippen molar-refractivity contribution in [1.82, 2.24) is 10.2 Å². The minimum atomic E-state index is -0.441. The molecule has 5 atom stereocenters.